The molecule has 1 heterocycles. The van der Waals surface area contributed by atoms with Crippen molar-refractivity contribution in [2.24, 2.45) is 5.73 Å². The van der Waals surface area contributed by atoms with E-state index >= 15 is 0 Å². The first-order chi connectivity index (χ1) is 9.74. The van der Waals surface area contributed by atoms with Crippen molar-refractivity contribution < 1.29 is 9.47 Å². The summed E-state index contributed by atoms with van der Waals surface area (Å²) >= 11 is 3.46. The van der Waals surface area contributed by atoms with Crippen molar-refractivity contribution >= 4 is 15.9 Å². The van der Waals surface area contributed by atoms with E-state index in [0.29, 0.717) is 19.0 Å². The summed E-state index contributed by atoms with van der Waals surface area (Å²) in [4.78, 5) is 4.15. The maximum Gasteiger partial charge on any atom is 0.219 e. The van der Waals surface area contributed by atoms with Gasteiger partial charge in [-0.05, 0) is 48.9 Å². The molecule has 2 rings (SSSR count). The van der Waals surface area contributed by atoms with Crippen LogP contribution < -0.4 is 15.2 Å². The molecule has 0 spiro atoms. The molecule has 0 aliphatic carbocycles. The van der Waals surface area contributed by atoms with Crippen LogP contribution in [0.15, 0.2) is 41.0 Å². The minimum absolute atomic E-state index is 0.413. The van der Waals surface area contributed by atoms with Gasteiger partial charge in [0.05, 0.1) is 12.7 Å². The first-order valence-corrected chi connectivity index (χ1v) is 7.13. The van der Waals surface area contributed by atoms with Crippen molar-refractivity contribution in [2.45, 2.75) is 13.0 Å². The summed E-state index contributed by atoms with van der Waals surface area (Å²) in [6.45, 7) is 0.999. The van der Waals surface area contributed by atoms with Gasteiger partial charge in [0, 0.05) is 10.7 Å². The molecular formula is C15H17BrN2O2. The fraction of sp³-hybridized carbons (Fsp3) is 0.267. The Bertz CT molecular complexity index is 576. The Kier molecular flexibility index (Phi) is 5.38. The van der Waals surface area contributed by atoms with Crippen LogP contribution >= 0.6 is 15.9 Å². The highest BCUT2D eigenvalue weighted by Crippen LogP contribution is 2.25. The van der Waals surface area contributed by atoms with Gasteiger partial charge in [0.15, 0.2) is 0 Å². The number of nitrogens with two attached hydrogens (primary N) is 1. The van der Waals surface area contributed by atoms with Crippen LogP contribution in [0.1, 0.15) is 11.1 Å². The van der Waals surface area contributed by atoms with Crippen LogP contribution in [0.5, 0.6) is 11.6 Å². The van der Waals surface area contributed by atoms with Crippen LogP contribution in [0.3, 0.4) is 0 Å². The lowest BCUT2D eigenvalue weighted by atomic mass is 10.1. The number of aromatic nitrogens is 1. The predicted molar refractivity (Wildman–Crippen MR) is 82.0 cm³/mol. The Morgan fingerprint density at radius 2 is 2.10 bits per heavy atom. The monoisotopic (exact) mass is 336 g/mol. The fourth-order valence-electron chi connectivity index (χ4n) is 1.91. The van der Waals surface area contributed by atoms with Crippen molar-refractivity contribution in [2.75, 3.05) is 13.7 Å². The standard InChI is InChI=1S/C15H17BrN2O2/c1-19-15-12(3-2-8-18-15)10-20-14-5-4-13(16)9-11(14)6-7-17/h2-5,8-9H,6-7,10,17H2,1H3. The van der Waals surface area contributed by atoms with Crippen LogP contribution in [-0.2, 0) is 13.0 Å². The number of pyridine rings is 1. The number of halogens is 1. The molecule has 106 valence electrons. The Morgan fingerprint density at radius 1 is 1.25 bits per heavy atom. The van der Waals surface area contributed by atoms with E-state index in [1.807, 2.05) is 30.3 Å². The van der Waals surface area contributed by atoms with Crippen LogP contribution in [0.4, 0.5) is 0 Å². The molecule has 0 saturated carbocycles. The van der Waals surface area contributed by atoms with Crippen molar-refractivity contribution in [1.82, 2.24) is 4.98 Å². The average Bonchev–Trinajstić information content (AvgIpc) is 2.47. The topological polar surface area (TPSA) is 57.4 Å². The number of nitrogens with zero attached hydrogens (tertiary/aromatic N) is 1. The molecular weight excluding hydrogens is 320 g/mol. The van der Waals surface area contributed by atoms with Crippen LogP contribution in [0.25, 0.3) is 0 Å². The zero-order valence-corrected chi connectivity index (χ0v) is 12.9. The first kappa shape index (κ1) is 14.8. The van der Waals surface area contributed by atoms with Gasteiger partial charge in [-0.15, -0.1) is 0 Å². The molecule has 0 radical (unpaired) electrons. The van der Waals surface area contributed by atoms with Gasteiger partial charge in [-0.25, -0.2) is 4.98 Å². The quantitative estimate of drug-likeness (QED) is 0.881. The van der Waals surface area contributed by atoms with Gasteiger partial charge in [0.25, 0.3) is 0 Å². The molecule has 0 aliphatic rings. The van der Waals surface area contributed by atoms with Crippen molar-refractivity contribution in [3.05, 3.63) is 52.1 Å². The lowest BCUT2D eigenvalue weighted by Gasteiger charge is -2.13. The van der Waals surface area contributed by atoms with Crippen molar-refractivity contribution in [3.63, 3.8) is 0 Å². The van der Waals surface area contributed by atoms with Gasteiger partial charge in [-0.2, -0.15) is 0 Å². The maximum atomic E-state index is 5.88. The number of rotatable bonds is 6. The zero-order chi connectivity index (χ0) is 14.4. The van der Waals surface area contributed by atoms with E-state index in [1.54, 1.807) is 13.3 Å². The highest BCUT2D eigenvalue weighted by atomic mass is 79.9. The third kappa shape index (κ3) is 3.71. The van der Waals surface area contributed by atoms with E-state index in [9.17, 15) is 0 Å². The van der Waals surface area contributed by atoms with E-state index in [1.165, 1.54) is 0 Å². The molecule has 5 heteroatoms. The van der Waals surface area contributed by atoms with Gasteiger partial charge in [0.1, 0.15) is 12.4 Å². The molecule has 0 amide bonds. The summed E-state index contributed by atoms with van der Waals surface area (Å²) in [6.07, 6.45) is 2.47. The largest absolute Gasteiger partial charge is 0.488 e. The van der Waals surface area contributed by atoms with E-state index in [2.05, 4.69) is 20.9 Å². The first-order valence-electron chi connectivity index (χ1n) is 6.33. The molecule has 0 fully saturated rings. The second kappa shape index (κ2) is 7.26. The fourth-order valence-corrected chi connectivity index (χ4v) is 2.32. The molecule has 2 aromatic rings. The molecule has 4 nitrogen and oxygen atoms in total. The summed E-state index contributed by atoms with van der Waals surface area (Å²) in [5.74, 6) is 1.43. The number of methoxy groups -OCH3 is 1. The van der Waals surface area contributed by atoms with E-state index < -0.39 is 0 Å². The molecule has 0 aliphatic heterocycles. The smallest absolute Gasteiger partial charge is 0.219 e. The molecule has 20 heavy (non-hydrogen) atoms. The third-order valence-electron chi connectivity index (χ3n) is 2.86. The lowest BCUT2D eigenvalue weighted by Crippen LogP contribution is -2.06. The summed E-state index contributed by atoms with van der Waals surface area (Å²) in [5, 5.41) is 0. The molecule has 0 atom stereocenters. The van der Waals surface area contributed by atoms with Gasteiger partial charge < -0.3 is 15.2 Å². The molecule has 0 bridgehead atoms. The van der Waals surface area contributed by atoms with E-state index in [0.717, 1.165) is 27.8 Å². The van der Waals surface area contributed by atoms with E-state index in [4.69, 9.17) is 15.2 Å². The lowest BCUT2D eigenvalue weighted by molar-refractivity contribution is 0.291. The summed E-state index contributed by atoms with van der Waals surface area (Å²) < 4.78 is 12.1. The summed E-state index contributed by atoms with van der Waals surface area (Å²) in [5.41, 5.74) is 7.63. The molecule has 1 aromatic heterocycles. The predicted octanol–water partition coefficient (Wildman–Crippen LogP) is 2.93. The number of benzene rings is 1. The normalized spacial score (nSPS) is 10.3. The van der Waals surface area contributed by atoms with Crippen molar-refractivity contribution in [1.29, 1.82) is 0 Å². The van der Waals surface area contributed by atoms with Gasteiger partial charge in [0.2, 0.25) is 5.88 Å². The number of ether oxygens (including phenoxy) is 2. The second-order valence-corrected chi connectivity index (χ2v) is 5.17. The molecule has 2 N–H and O–H groups in total. The third-order valence-corrected chi connectivity index (χ3v) is 3.36. The number of hydrogen-bond donors (Lipinski definition) is 1. The Labute approximate surface area is 127 Å². The molecule has 0 saturated heterocycles. The Balaban J connectivity index is 2.14. The average molecular weight is 337 g/mol. The second-order valence-electron chi connectivity index (χ2n) is 4.25. The van der Waals surface area contributed by atoms with Crippen LogP contribution in [0.2, 0.25) is 0 Å². The summed E-state index contributed by atoms with van der Waals surface area (Å²) in [6, 6.07) is 9.73. The highest BCUT2D eigenvalue weighted by molar-refractivity contribution is 9.10. The van der Waals surface area contributed by atoms with Gasteiger partial charge in [-0.1, -0.05) is 15.9 Å². The highest BCUT2D eigenvalue weighted by Gasteiger charge is 2.07. The Hall–Kier alpha value is -1.59. The van der Waals surface area contributed by atoms with Gasteiger partial charge >= 0.3 is 0 Å². The zero-order valence-electron chi connectivity index (χ0n) is 11.3. The Morgan fingerprint density at radius 3 is 2.85 bits per heavy atom. The summed E-state index contributed by atoms with van der Waals surface area (Å²) in [7, 11) is 1.60. The van der Waals surface area contributed by atoms with E-state index in [-0.39, 0.29) is 0 Å². The van der Waals surface area contributed by atoms with Crippen LogP contribution in [0, 0.1) is 0 Å². The number of hydrogen-bond acceptors (Lipinski definition) is 4. The minimum atomic E-state index is 0.413. The SMILES string of the molecule is COc1ncccc1COc1ccc(Br)cc1CCN. The maximum absolute atomic E-state index is 5.88. The van der Waals surface area contributed by atoms with Crippen LogP contribution in [-0.4, -0.2) is 18.6 Å². The molecule has 0 unspecified atom stereocenters. The van der Waals surface area contributed by atoms with Crippen molar-refractivity contribution in [3.8, 4) is 11.6 Å². The van der Waals surface area contributed by atoms with Gasteiger partial charge in [-0.3, -0.25) is 0 Å². The molecule has 1 aromatic carbocycles. The minimum Gasteiger partial charge on any atom is -0.488 e.